The fraction of sp³-hybridized carbons (Fsp3) is 0.533. The fourth-order valence-electron chi connectivity index (χ4n) is 5.52. The van der Waals surface area contributed by atoms with Crippen LogP contribution in [0.3, 0.4) is 0 Å². The minimum atomic E-state index is -4.88. The van der Waals surface area contributed by atoms with Crippen LogP contribution in [-0.2, 0) is 28.7 Å². The number of hydrogen-bond donors (Lipinski definition) is 3. The number of nitrogens with one attached hydrogen (secondary N) is 1. The number of aromatic nitrogens is 3. The summed E-state index contributed by atoms with van der Waals surface area (Å²) in [5.41, 5.74) is 4.47. The molecule has 3 aromatic rings. The summed E-state index contributed by atoms with van der Waals surface area (Å²) in [6, 6.07) is 6.91. The molecule has 10 nitrogen and oxygen atoms in total. The second-order valence-corrected chi connectivity index (χ2v) is 11.0. The number of nitrogens with zero attached hydrogens (tertiary/aromatic N) is 4. The Morgan fingerprint density at radius 2 is 1.89 bits per heavy atom. The number of likely N-dealkylation sites (tertiary alicyclic amines) is 1. The number of carboxylic acids is 1. The summed E-state index contributed by atoms with van der Waals surface area (Å²) < 4.78 is 92.4. The Morgan fingerprint density at radius 3 is 2.54 bits per heavy atom. The van der Waals surface area contributed by atoms with Gasteiger partial charge >= 0.3 is 18.3 Å². The van der Waals surface area contributed by atoms with Crippen molar-refractivity contribution in [3.63, 3.8) is 0 Å². The maximum absolute atomic E-state index is 13.4. The first kappa shape index (κ1) is 35.1. The molecule has 0 aliphatic carbocycles. The van der Waals surface area contributed by atoms with Gasteiger partial charge in [-0.2, -0.15) is 31.4 Å². The van der Waals surface area contributed by atoms with Crippen molar-refractivity contribution in [3.05, 3.63) is 47.4 Å². The van der Waals surface area contributed by atoms with E-state index in [1.165, 1.54) is 0 Å². The van der Waals surface area contributed by atoms with E-state index in [9.17, 15) is 31.1 Å². The van der Waals surface area contributed by atoms with Gasteiger partial charge in [0.2, 0.25) is 0 Å². The highest BCUT2D eigenvalue weighted by atomic mass is 19.4. The Labute approximate surface area is 261 Å². The number of aromatic carboxylic acids is 1. The number of carbonyl (C=O) groups is 1. The highest BCUT2D eigenvalue weighted by Crippen LogP contribution is 2.33. The van der Waals surface area contributed by atoms with Crippen molar-refractivity contribution in [2.75, 3.05) is 58.4 Å². The molecule has 3 heterocycles. The lowest BCUT2D eigenvalue weighted by Crippen LogP contribution is -2.45. The summed E-state index contributed by atoms with van der Waals surface area (Å²) in [6.45, 7) is 1.28. The van der Waals surface area contributed by atoms with E-state index >= 15 is 0 Å². The lowest BCUT2D eigenvalue weighted by molar-refractivity contribution is -0.142. The fourth-order valence-corrected chi connectivity index (χ4v) is 5.52. The first-order chi connectivity index (χ1) is 21.8. The number of halogens is 6. The third kappa shape index (κ3) is 9.38. The predicted octanol–water partition coefficient (Wildman–Crippen LogP) is 4.28. The van der Waals surface area contributed by atoms with Gasteiger partial charge in [-0.15, -0.1) is 0 Å². The SMILES string of the molecule is CN1CC[C@@H](Nc2cccc3c2cc(C#CCN)n3CC(F)(F)F)[C@H](CCOCCOCCn2cc(C(=O)O)c(C(F)(F)F)n2)C1. The summed E-state index contributed by atoms with van der Waals surface area (Å²) in [6.07, 6.45) is -6.97. The molecular weight excluding hydrogens is 622 g/mol. The standard InChI is InChI=1S/C30H36F6N6O4/c1-40-10-7-24(38-25-5-2-6-26-22(25)16-21(4-3-9-37)42(26)19-29(31,32)33)20(17-40)8-12-45-14-15-46-13-11-41-18-23(28(43)44)27(39-41)30(34,35)36/h2,5-6,16,18,20,24,38H,7-15,17,19,37H2,1H3,(H,43,44)/t20-,24-/m1/s1. The van der Waals surface area contributed by atoms with Crippen molar-refractivity contribution >= 4 is 22.6 Å². The number of anilines is 1. The summed E-state index contributed by atoms with van der Waals surface area (Å²) in [4.78, 5) is 13.3. The van der Waals surface area contributed by atoms with E-state index in [1.807, 2.05) is 13.1 Å². The minimum absolute atomic E-state index is 0.0105. The Morgan fingerprint density at radius 1 is 1.15 bits per heavy atom. The average molecular weight is 659 g/mol. The van der Waals surface area contributed by atoms with Crippen molar-refractivity contribution < 1.29 is 45.7 Å². The quantitative estimate of drug-likeness (QED) is 0.142. The Bertz CT molecular complexity index is 1540. The molecule has 0 amide bonds. The maximum Gasteiger partial charge on any atom is 0.436 e. The van der Waals surface area contributed by atoms with Gasteiger partial charge in [0, 0.05) is 36.5 Å². The Kier molecular flexibility index (Phi) is 11.6. The van der Waals surface area contributed by atoms with Crippen molar-refractivity contribution in [3.8, 4) is 11.8 Å². The van der Waals surface area contributed by atoms with Crippen LogP contribution in [0.15, 0.2) is 30.5 Å². The average Bonchev–Trinajstić information content (AvgIpc) is 3.56. The lowest BCUT2D eigenvalue weighted by atomic mass is 9.89. The molecule has 0 bridgehead atoms. The van der Waals surface area contributed by atoms with Crippen molar-refractivity contribution in [1.82, 2.24) is 19.2 Å². The number of hydrogen-bond acceptors (Lipinski definition) is 7. The Hall–Kier alpha value is -3.78. The van der Waals surface area contributed by atoms with E-state index in [4.69, 9.17) is 20.3 Å². The molecule has 0 spiro atoms. The number of piperidine rings is 1. The zero-order chi connectivity index (χ0) is 33.5. The van der Waals surface area contributed by atoms with Crippen LogP contribution in [0.25, 0.3) is 10.9 Å². The summed E-state index contributed by atoms with van der Waals surface area (Å²) in [5, 5.41) is 16.5. The monoisotopic (exact) mass is 658 g/mol. The number of benzene rings is 1. The van der Waals surface area contributed by atoms with Crippen LogP contribution in [-0.4, -0.2) is 95.7 Å². The van der Waals surface area contributed by atoms with E-state index in [1.54, 1.807) is 18.2 Å². The second kappa shape index (κ2) is 15.2. The van der Waals surface area contributed by atoms with E-state index in [-0.39, 0.29) is 50.6 Å². The number of ether oxygens (including phenoxy) is 2. The number of nitrogens with two attached hydrogens (primary N) is 1. The molecule has 2 aromatic heterocycles. The van der Waals surface area contributed by atoms with Crippen molar-refractivity contribution in [1.29, 1.82) is 0 Å². The van der Waals surface area contributed by atoms with Gasteiger partial charge in [0.25, 0.3) is 0 Å². The number of rotatable bonds is 13. The van der Waals surface area contributed by atoms with Crippen LogP contribution in [0, 0.1) is 17.8 Å². The number of carboxylic acid groups (broad SMARTS) is 1. The van der Waals surface area contributed by atoms with Gasteiger partial charge < -0.3 is 35.1 Å². The first-order valence-electron chi connectivity index (χ1n) is 14.6. The molecule has 1 fully saturated rings. The molecule has 0 saturated carbocycles. The van der Waals surface area contributed by atoms with Gasteiger partial charge in [0.15, 0.2) is 5.69 Å². The summed E-state index contributed by atoms with van der Waals surface area (Å²) in [5.74, 6) is 3.87. The van der Waals surface area contributed by atoms with Gasteiger partial charge in [-0.25, -0.2) is 4.79 Å². The van der Waals surface area contributed by atoms with Gasteiger partial charge in [-0.1, -0.05) is 12.0 Å². The smallest absolute Gasteiger partial charge is 0.436 e. The van der Waals surface area contributed by atoms with Crippen LogP contribution in [0.2, 0.25) is 0 Å². The molecule has 16 heteroatoms. The van der Waals surface area contributed by atoms with E-state index < -0.39 is 36.1 Å². The molecule has 252 valence electrons. The summed E-state index contributed by atoms with van der Waals surface area (Å²) >= 11 is 0. The largest absolute Gasteiger partial charge is 0.478 e. The predicted molar refractivity (Wildman–Crippen MR) is 157 cm³/mol. The van der Waals surface area contributed by atoms with Crippen molar-refractivity contribution in [2.45, 2.75) is 44.3 Å². The molecular formula is C30H36F6N6O4. The van der Waals surface area contributed by atoms with Gasteiger partial charge in [0.1, 0.15) is 12.1 Å². The zero-order valence-electron chi connectivity index (χ0n) is 25.1. The number of fused-ring (bicyclic) bond motifs is 1. The molecule has 1 saturated heterocycles. The van der Waals surface area contributed by atoms with E-state index in [0.29, 0.717) is 23.9 Å². The highest BCUT2D eigenvalue weighted by Gasteiger charge is 2.39. The molecule has 46 heavy (non-hydrogen) atoms. The van der Waals surface area contributed by atoms with Crippen molar-refractivity contribution in [2.24, 2.45) is 11.7 Å². The topological polar surface area (TPSA) is 120 Å². The molecule has 1 aliphatic heterocycles. The van der Waals surface area contributed by atoms with Gasteiger partial charge in [0.05, 0.1) is 44.1 Å². The molecule has 4 N–H and O–H groups in total. The van der Waals surface area contributed by atoms with E-state index in [0.717, 1.165) is 40.6 Å². The van der Waals surface area contributed by atoms with Crippen LogP contribution < -0.4 is 11.1 Å². The van der Waals surface area contributed by atoms with E-state index in [2.05, 4.69) is 27.2 Å². The molecule has 4 rings (SSSR count). The van der Waals surface area contributed by atoms with Gasteiger partial charge in [-0.3, -0.25) is 4.68 Å². The van der Waals surface area contributed by atoms with Crippen LogP contribution in [0.1, 0.15) is 34.6 Å². The summed E-state index contributed by atoms with van der Waals surface area (Å²) in [7, 11) is 2.02. The number of alkyl halides is 6. The zero-order valence-corrected chi connectivity index (χ0v) is 25.1. The Balaban J connectivity index is 1.30. The first-order valence-corrected chi connectivity index (χ1v) is 14.6. The molecule has 1 aromatic carbocycles. The van der Waals surface area contributed by atoms with Crippen LogP contribution >= 0.6 is 0 Å². The lowest BCUT2D eigenvalue weighted by Gasteiger charge is -2.38. The van der Waals surface area contributed by atoms with Gasteiger partial charge in [-0.05, 0) is 56.5 Å². The van der Waals surface area contributed by atoms with Crippen LogP contribution in [0.5, 0.6) is 0 Å². The highest BCUT2D eigenvalue weighted by molar-refractivity contribution is 5.94. The van der Waals surface area contributed by atoms with Crippen LogP contribution in [0.4, 0.5) is 32.0 Å². The molecule has 0 radical (unpaired) electrons. The third-order valence-electron chi connectivity index (χ3n) is 7.61. The second-order valence-electron chi connectivity index (χ2n) is 11.0. The molecule has 0 unspecified atom stereocenters. The normalized spacial score (nSPS) is 17.7. The molecule has 1 aliphatic rings. The maximum atomic E-state index is 13.4. The molecule has 2 atom stereocenters. The third-order valence-corrected chi connectivity index (χ3v) is 7.61. The minimum Gasteiger partial charge on any atom is -0.478 e.